The number of methoxy groups -OCH3 is 1. The number of rotatable bonds is 5. The second-order valence-electron chi connectivity index (χ2n) is 4.12. The molecular weight excluding hydrogens is 254 g/mol. The lowest BCUT2D eigenvalue weighted by Gasteiger charge is -2.10. The molecule has 2 N–H and O–H groups in total. The first-order chi connectivity index (χ1) is 9.76. The minimum Gasteiger partial charge on any atom is -0.496 e. The lowest BCUT2D eigenvalue weighted by Crippen LogP contribution is -2.02. The summed E-state index contributed by atoms with van der Waals surface area (Å²) in [5.41, 5.74) is 7.68. The van der Waals surface area contributed by atoms with Crippen LogP contribution in [0.1, 0.15) is 16.8 Å². The first kappa shape index (κ1) is 13.8. The summed E-state index contributed by atoms with van der Waals surface area (Å²) in [4.78, 5) is 4.15. The number of nitriles is 1. The topological polar surface area (TPSA) is 81.2 Å². The second kappa shape index (κ2) is 6.55. The quantitative estimate of drug-likeness (QED) is 0.897. The summed E-state index contributed by atoms with van der Waals surface area (Å²) < 4.78 is 10.9. The van der Waals surface area contributed by atoms with E-state index < -0.39 is 0 Å². The Bertz CT molecular complexity index is 618. The van der Waals surface area contributed by atoms with Gasteiger partial charge in [0, 0.05) is 12.1 Å². The molecule has 5 heteroatoms. The summed E-state index contributed by atoms with van der Waals surface area (Å²) in [6.45, 7) is 0.709. The highest BCUT2D eigenvalue weighted by Crippen LogP contribution is 2.21. The minimum atomic E-state index is 0.308. The maximum absolute atomic E-state index is 8.92. The molecule has 0 amide bonds. The Morgan fingerprint density at radius 2 is 2.15 bits per heavy atom. The molecule has 2 rings (SSSR count). The van der Waals surface area contributed by atoms with Crippen molar-refractivity contribution in [2.45, 2.75) is 13.2 Å². The van der Waals surface area contributed by atoms with E-state index in [0.717, 1.165) is 11.3 Å². The van der Waals surface area contributed by atoms with Crippen LogP contribution in [0, 0.1) is 11.3 Å². The smallest absolute Gasteiger partial charge is 0.138 e. The molecule has 0 saturated carbocycles. The molecule has 0 bridgehead atoms. The van der Waals surface area contributed by atoms with Gasteiger partial charge >= 0.3 is 0 Å². The lowest BCUT2D eigenvalue weighted by molar-refractivity contribution is 0.295. The van der Waals surface area contributed by atoms with E-state index in [0.29, 0.717) is 30.2 Å². The minimum absolute atomic E-state index is 0.308. The van der Waals surface area contributed by atoms with Gasteiger partial charge in [-0.1, -0.05) is 0 Å². The highest BCUT2D eigenvalue weighted by Gasteiger charge is 2.06. The Kier molecular flexibility index (Phi) is 4.53. The molecule has 0 aliphatic heterocycles. The fourth-order valence-electron chi connectivity index (χ4n) is 1.74. The predicted octanol–water partition coefficient (Wildman–Crippen LogP) is 2.00. The van der Waals surface area contributed by atoms with Crippen molar-refractivity contribution in [3.8, 4) is 17.6 Å². The molecule has 0 radical (unpaired) electrons. The first-order valence-electron chi connectivity index (χ1n) is 6.11. The van der Waals surface area contributed by atoms with Gasteiger partial charge in [0.2, 0.25) is 0 Å². The second-order valence-corrected chi connectivity index (χ2v) is 4.12. The number of ether oxygens (including phenoxy) is 2. The molecule has 1 heterocycles. The van der Waals surface area contributed by atoms with Crippen molar-refractivity contribution < 1.29 is 9.47 Å². The van der Waals surface area contributed by atoms with Crippen molar-refractivity contribution in [1.82, 2.24) is 4.98 Å². The Balaban J connectivity index is 2.11. The molecule has 5 nitrogen and oxygen atoms in total. The molecule has 0 spiro atoms. The van der Waals surface area contributed by atoms with Crippen LogP contribution in [0.15, 0.2) is 36.5 Å². The first-order valence-corrected chi connectivity index (χ1v) is 6.11. The number of aromatic nitrogens is 1. The third-order valence-corrected chi connectivity index (χ3v) is 2.81. The van der Waals surface area contributed by atoms with Crippen molar-refractivity contribution in [1.29, 1.82) is 5.26 Å². The number of hydrogen-bond donors (Lipinski definition) is 1. The molecule has 0 atom stereocenters. The van der Waals surface area contributed by atoms with Crippen molar-refractivity contribution in [2.75, 3.05) is 7.11 Å². The molecule has 0 unspecified atom stereocenters. The van der Waals surface area contributed by atoms with Gasteiger partial charge in [-0.3, -0.25) is 4.98 Å². The normalized spacial score (nSPS) is 9.85. The van der Waals surface area contributed by atoms with Crippen molar-refractivity contribution >= 4 is 0 Å². The predicted molar refractivity (Wildman–Crippen MR) is 74.2 cm³/mol. The maximum Gasteiger partial charge on any atom is 0.138 e. The fraction of sp³-hybridized carbons (Fsp3) is 0.200. The lowest BCUT2D eigenvalue weighted by atomic mass is 10.1. The molecule has 20 heavy (non-hydrogen) atoms. The van der Waals surface area contributed by atoms with Crippen LogP contribution in [0.25, 0.3) is 0 Å². The number of pyridine rings is 1. The van der Waals surface area contributed by atoms with Gasteiger partial charge in [0.1, 0.15) is 18.1 Å². The van der Waals surface area contributed by atoms with Crippen LogP contribution in [-0.2, 0) is 13.2 Å². The molecule has 0 fully saturated rings. The van der Waals surface area contributed by atoms with E-state index in [4.69, 9.17) is 20.5 Å². The van der Waals surface area contributed by atoms with Gasteiger partial charge in [0.25, 0.3) is 0 Å². The molecule has 0 aliphatic carbocycles. The summed E-state index contributed by atoms with van der Waals surface area (Å²) in [6, 6.07) is 10.9. The Morgan fingerprint density at radius 1 is 1.30 bits per heavy atom. The molecule has 1 aromatic heterocycles. The van der Waals surface area contributed by atoms with Crippen molar-refractivity contribution in [3.63, 3.8) is 0 Å². The Labute approximate surface area is 117 Å². The van der Waals surface area contributed by atoms with E-state index in [-0.39, 0.29) is 0 Å². The zero-order valence-corrected chi connectivity index (χ0v) is 11.2. The van der Waals surface area contributed by atoms with Crippen LogP contribution in [-0.4, -0.2) is 12.1 Å². The standard InChI is InChI=1S/C15H15N3O2/c1-19-15-5-2-11(7-16)6-12(15)10-20-14-4-3-13(8-17)18-9-14/h2-6,9H,8,10,17H2,1H3. The maximum atomic E-state index is 8.92. The van der Waals surface area contributed by atoms with Crippen LogP contribution >= 0.6 is 0 Å². The van der Waals surface area contributed by atoms with Gasteiger partial charge in [-0.15, -0.1) is 0 Å². The zero-order chi connectivity index (χ0) is 14.4. The van der Waals surface area contributed by atoms with Gasteiger partial charge in [-0.2, -0.15) is 5.26 Å². The van der Waals surface area contributed by atoms with Gasteiger partial charge < -0.3 is 15.2 Å². The third-order valence-electron chi connectivity index (χ3n) is 2.81. The van der Waals surface area contributed by atoms with E-state index in [1.807, 2.05) is 12.1 Å². The molecule has 102 valence electrons. The van der Waals surface area contributed by atoms with Crippen LogP contribution < -0.4 is 15.2 Å². The average Bonchev–Trinajstić information content (AvgIpc) is 2.53. The molecule has 1 aromatic carbocycles. The van der Waals surface area contributed by atoms with Crippen LogP contribution in [0.2, 0.25) is 0 Å². The van der Waals surface area contributed by atoms with E-state index >= 15 is 0 Å². The molecule has 0 aliphatic rings. The Hall–Kier alpha value is -2.58. The molecule has 0 saturated heterocycles. The summed E-state index contributed by atoms with van der Waals surface area (Å²) in [5.74, 6) is 1.34. The highest BCUT2D eigenvalue weighted by molar-refractivity contribution is 5.42. The van der Waals surface area contributed by atoms with Gasteiger partial charge in [-0.05, 0) is 30.3 Å². The van der Waals surface area contributed by atoms with Crippen LogP contribution in [0.5, 0.6) is 11.5 Å². The number of benzene rings is 1. The number of nitrogens with two attached hydrogens (primary N) is 1. The highest BCUT2D eigenvalue weighted by atomic mass is 16.5. The van der Waals surface area contributed by atoms with Gasteiger partial charge in [0.15, 0.2) is 0 Å². The average molecular weight is 269 g/mol. The van der Waals surface area contributed by atoms with Crippen LogP contribution in [0.3, 0.4) is 0 Å². The van der Waals surface area contributed by atoms with Crippen molar-refractivity contribution in [2.24, 2.45) is 5.73 Å². The summed E-state index contributed by atoms with van der Waals surface area (Å²) >= 11 is 0. The number of nitrogens with zero attached hydrogens (tertiary/aromatic N) is 2. The van der Waals surface area contributed by atoms with E-state index in [1.54, 1.807) is 31.5 Å². The molecular formula is C15H15N3O2. The van der Waals surface area contributed by atoms with Crippen LogP contribution in [0.4, 0.5) is 0 Å². The molecule has 2 aromatic rings. The monoisotopic (exact) mass is 269 g/mol. The Morgan fingerprint density at radius 3 is 2.75 bits per heavy atom. The largest absolute Gasteiger partial charge is 0.496 e. The van der Waals surface area contributed by atoms with Crippen molar-refractivity contribution in [3.05, 3.63) is 53.3 Å². The SMILES string of the molecule is COc1ccc(C#N)cc1COc1ccc(CN)nc1. The van der Waals surface area contributed by atoms with Gasteiger partial charge in [0.05, 0.1) is 30.6 Å². The fourth-order valence-corrected chi connectivity index (χ4v) is 1.74. The van der Waals surface area contributed by atoms with E-state index in [9.17, 15) is 0 Å². The third kappa shape index (κ3) is 3.25. The van der Waals surface area contributed by atoms with E-state index in [1.165, 1.54) is 0 Å². The summed E-state index contributed by atoms with van der Waals surface area (Å²) in [7, 11) is 1.59. The van der Waals surface area contributed by atoms with E-state index in [2.05, 4.69) is 11.1 Å². The number of hydrogen-bond acceptors (Lipinski definition) is 5. The summed E-state index contributed by atoms with van der Waals surface area (Å²) in [5, 5.41) is 8.92. The van der Waals surface area contributed by atoms with Gasteiger partial charge in [-0.25, -0.2) is 0 Å². The summed E-state index contributed by atoms with van der Waals surface area (Å²) in [6.07, 6.45) is 1.63. The zero-order valence-electron chi connectivity index (χ0n) is 11.2.